The highest BCUT2D eigenvalue weighted by Gasteiger charge is 2.24. The van der Waals surface area contributed by atoms with Crippen LogP contribution < -0.4 is 4.72 Å². The summed E-state index contributed by atoms with van der Waals surface area (Å²) in [5, 5.41) is 0. The lowest BCUT2D eigenvalue weighted by molar-refractivity contribution is 0.0774. The molecule has 0 saturated carbocycles. The van der Waals surface area contributed by atoms with Gasteiger partial charge in [0, 0.05) is 17.1 Å². The van der Waals surface area contributed by atoms with Crippen LogP contribution in [0.15, 0.2) is 27.6 Å². The lowest BCUT2D eigenvalue weighted by Gasteiger charge is -2.23. The van der Waals surface area contributed by atoms with Gasteiger partial charge in [-0.25, -0.2) is 17.5 Å². The third kappa shape index (κ3) is 3.28. The van der Waals surface area contributed by atoms with Crippen molar-refractivity contribution in [3.8, 4) is 0 Å². The van der Waals surface area contributed by atoms with Gasteiger partial charge in [-0.15, -0.1) is 0 Å². The first kappa shape index (κ1) is 13.9. The SMILES string of the molecule is O=S(=O)(NC1CCCOC1)c1ccc(F)cc1Br. The number of ether oxygens (including phenoxy) is 1. The van der Waals surface area contributed by atoms with E-state index in [0.29, 0.717) is 13.2 Å². The van der Waals surface area contributed by atoms with Crippen LogP contribution in [0.5, 0.6) is 0 Å². The first-order valence-electron chi connectivity index (χ1n) is 5.54. The van der Waals surface area contributed by atoms with Crippen molar-refractivity contribution in [2.45, 2.75) is 23.8 Å². The van der Waals surface area contributed by atoms with Gasteiger partial charge in [-0.05, 0) is 47.0 Å². The molecule has 1 N–H and O–H groups in total. The third-order valence-electron chi connectivity index (χ3n) is 2.67. The van der Waals surface area contributed by atoms with Gasteiger partial charge >= 0.3 is 0 Å². The number of sulfonamides is 1. The van der Waals surface area contributed by atoms with E-state index in [2.05, 4.69) is 20.7 Å². The summed E-state index contributed by atoms with van der Waals surface area (Å²) in [7, 11) is -3.65. The van der Waals surface area contributed by atoms with Gasteiger partial charge in [0.25, 0.3) is 0 Å². The zero-order valence-electron chi connectivity index (χ0n) is 9.53. The lowest BCUT2D eigenvalue weighted by Crippen LogP contribution is -2.40. The molecular weight excluding hydrogens is 325 g/mol. The van der Waals surface area contributed by atoms with E-state index in [1.165, 1.54) is 6.07 Å². The minimum atomic E-state index is -3.65. The van der Waals surface area contributed by atoms with E-state index in [0.717, 1.165) is 25.0 Å². The normalized spacial score (nSPS) is 20.9. The van der Waals surface area contributed by atoms with Crippen LogP contribution in [0.25, 0.3) is 0 Å². The molecule has 1 aromatic rings. The van der Waals surface area contributed by atoms with Crippen molar-refractivity contribution in [3.63, 3.8) is 0 Å². The average Bonchev–Trinajstić information content (AvgIpc) is 2.29. The molecule has 100 valence electrons. The second kappa shape index (κ2) is 5.64. The number of benzene rings is 1. The highest BCUT2D eigenvalue weighted by molar-refractivity contribution is 9.10. The van der Waals surface area contributed by atoms with Crippen molar-refractivity contribution in [3.05, 3.63) is 28.5 Å². The molecule has 7 heteroatoms. The van der Waals surface area contributed by atoms with E-state index in [4.69, 9.17) is 4.74 Å². The zero-order chi connectivity index (χ0) is 13.2. The molecule has 4 nitrogen and oxygen atoms in total. The molecule has 1 heterocycles. The summed E-state index contributed by atoms with van der Waals surface area (Å²) in [6.45, 7) is 1.04. The first-order chi connectivity index (χ1) is 8.49. The second-order valence-electron chi connectivity index (χ2n) is 4.11. The van der Waals surface area contributed by atoms with E-state index < -0.39 is 15.8 Å². The molecule has 1 aliphatic heterocycles. The second-order valence-corrected chi connectivity index (χ2v) is 6.65. The Labute approximate surface area is 114 Å². The summed E-state index contributed by atoms with van der Waals surface area (Å²) in [5.41, 5.74) is 0. The van der Waals surface area contributed by atoms with E-state index >= 15 is 0 Å². The lowest BCUT2D eigenvalue weighted by atomic mass is 10.1. The van der Waals surface area contributed by atoms with Crippen molar-refractivity contribution in [2.75, 3.05) is 13.2 Å². The average molecular weight is 338 g/mol. The Morgan fingerprint density at radius 2 is 2.22 bits per heavy atom. The Kier molecular flexibility index (Phi) is 4.37. The van der Waals surface area contributed by atoms with Gasteiger partial charge in [0.1, 0.15) is 5.82 Å². The molecule has 1 unspecified atom stereocenters. The molecule has 18 heavy (non-hydrogen) atoms. The Hall–Kier alpha value is -0.500. The van der Waals surface area contributed by atoms with Crippen molar-refractivity contribution in [1.82, 2.24) is 4.72 Å². The minimum Gasteiger partial charge on any atom is -0.380 e. The monoisotopic (exact) mass is 337 g/mol. The summed E-state index contributed by atoms with van der Waals surface area (Å²) in [6.07, 6.45) is 1.58. The van der Waals surface area contributed by atoms with Gasteiger partial charge in [0.15, 0.2) is 0 Å². The summed E-state index contributed by atoms with van der Waals surface area (Å²) in [6, 6.07) is 3.27. The van der Waals surface area contributed by atoms with E-state index in [1.54, 1.807) is 0 Å². The zero-order valence-corrected chi connectivity index (χ0v) is 11.9. The van der Waals surface area contributed by atoms with E-state index in [9.17, 15) is 12.8 Å². The van der Waals surface area contributed by atoms with Crippen molar-refractivity contribution < 1.29 is 17.5 Å². The van der Waals surface area contributed by atoms with Crippen LogP contribution in [0.1, 0.15) is 12.8 Å². The summed E-state index contributed by atoms with van der Waals surface area (Å²) in [5.74, 6) is -0.484. The van der Waals surface area contributed by atoms with Gasteiger partial charge in [-0.3, -0.25) is 0 Å². The van der Waals surface area contributed by atoms with Crippen molar-refractivity contribution >= 4 is 26.0 Å². The smallest absolute Gasteiger partial charge is 0.242 e. The van der Waals surface area contributed by atoms with Crippen LogP contribution in [-0.4, -0.2) is 27.7 Å². The van der Waals surface area contributed by atoms with Crippen LogP contribution in [0.3, 0.4) is 0 Å². The van der Waals surface area contributed by atoms with Gasteiger partial charge in [0.2, 0.25) is 10.0 Å². The molecule has 1 atom stereocenters. The molecule has 1 aliphatic rings. The van der Waals surface area contributed by atoms with Crippen LogP contribution in [-0.2, 0) is 14.8 Å². The van der Waals surface area contributed by atoms with Gasteiger partial charge in [-0.1, -0.05) is 0 Å². The molecule has 0 aromatic heterocycles. The van der Waals surface area contributed by atoms with Gasteiger partial charge < -0.3 is 4.74 Å². The molecule has 0 aliphatic carbocycles. The van der Waals surface area contributed by atoms with Gasteiger partial charge in [0.05, 0.1) is 11.5 Å². The Morgan fingerprint density at radius 1 is 1.44 bits per heavy atom. The maximum Gasteiger partial charge on any atom is 0.242 e. The Bertz CT molecular complexity index is 529. The first-order valence-corrected chi connectivity index (χ1v) is 7.82. The number of halogens is 2. The predicted octanol–water partition coefficient (Wildman–Crippen LogP) is 2.05. The van der Waals surface area contributed by atoms with E-state index in [-0.39, 0.29) is 15.4 Å². The van der Waals surface area contributed by atoms with Crippen LogP contribution >= 0.6 is 15.9 Å². The van der Waals surface area contributed by atoms with Crippen LogP contribution in [0.4, 0.5) is 4.39 Å². The summed E-state index contributed by atoms with van der Waals surface area (Å²) < 4.78 is 45.2. The molecule has 1 fully saturated rings. The maximum atomic E-state index is 12.9. The predicted molar refractivity (Wildman–Crippen MR) is 68.3 cm³/mol. The van der Waals surface area contributed by atoms with Crippen molar-refractivity contribution in [1.29, 1.82) is 0 Å². The largest absolute Gasteiger partial charge is 0.380 e. The molecule has 0 spiro atoms. The van der Waals surface area contributed by atoms with Crippen LogP contribution in [0.2, 0.25) is 0 Å². The fourth-order valence-corrected chi connectivity index (χ4v) is 4.11. The number of hydrogen-bond acceptors (Lipinski definition) is 3. The Morgan fingerprint density at radius 3 is 2.83 bits per heavy atom. The summed E-state index contributed by atoms with van der Waals surface area (Å²) >= 11 is 3.06. The highest BCUT2D eigenvalue weighted by Crippen LogP contribution is 2.23. The summed E-state index contributed by atoms with van der Waals surface area (Å²) in [4.78, 5) is 0.0365. The topological polar surface area (TPSA) is 55.4 Å². The Balaban J connectivity index is 2.19. The maximum absolute atomic E-state index is 12.9. The highest BCUT2D eigenvalue weighted by atomic mass is 79.9. The third-order valence-corrected chi connectivity index (χ3v) is 5.16. The fraction of sp³-hybridized carbons (Fsp3) is 0.455. The molecule has 1 saturated heterocycles. The molecule has 2 rings (SSSR count). The number of rotatable bonds is 3. The standard InChI is InChI=1S/C11H13BrFNO3S/c12-10-6-8(13)3-4-11(10)18(15,16)14-9-2-1-5-17-7-9/h3-4,6,9,14H,1-2,5,7H2. The minimum absolute atomic E-state index is 0.0365. The van der Waals surface area contributed by atoms with E-state index in [1.807, 2.05) is 0 Å². The quantitative estimate of drug-likeness (QED) is 0.918. The van der Waals surface area contributed by atoms with Gasteiger partial charge in [-0.2, -0.15) is 0 Å². The van der Waals surface area contributed by atoms with Crippen molar-refractivity contribution in [2.24, 2.45) is 0 Å². The molecule has 0 bridgehead atoms. The molecule has 0 amide bonds. The van der Waals surface area contributed by atoms with Crippen LogP contribution in [0, 0.1) is 5.82 Å². The molecule has 0 radical (unpaired) electrons. The number of hydrogen-bond donors (Lipinski definition) is 1. The molecular formula is C11H13BrFNO3S. The number of nitrogens with one attached hydrogen (secondary N) is 1. The molecule has 1 aromatic carbocycles. The fourth-order valence-electron chi connectivity index (χ4n) is 1.81.